The Balaban J connectivity index is 4.53. The summed E-state index contributed by atoms with van der Waals surface area (Å²) in [5, 5.41) is 2.90. The number of Topliss-reactive ketones (excluding diaryl/α,β-unsaturated/α-hetero) is 1. The number of amides is 1. The first-order chi connectivity index (χ1) is 9.94. The van der Waals surface area contributed by atoms with Crippen LogP contribution in [0.2, 0.25) is 0 Å². The molecule has 118 valence electrons. The molecule has 0 heterocycles. The molecule has 1 unspecified atom stereocenters. The van der Waals surface area contributed by atoms with Crippen LogP contribution in [0.4, 0.5) is 0 Å². The smallest absolute Gasteiger partial charge is 0.227 e. The van der Waals surface area contributed by atoms with Crippen LogP contribution in [0.1, 0.15) is 59.8 Å². The van der Waals surface area contributed by atoms with Crippen LogP contribution >= 0.6 is 0 Å². The van der Waals surface area contributed by atoms with Crippen molar-refractivity contribution in [2.75, 3.05) is 0 Å². The molecule has 0 aromatic rings. The third-order valence-electron chi connectivity index (χ3n) is 3.50. The predicted molar refractivity (Wildman–Crippen MR) is 88.8 cm³/mol. The lowest BCUT2D eigenvalue weighted by Gasteiger charge is -2.11. The van der Waals surface area contributed by atoms with Crippen LogP contribution in [0.25, 0.3) is 0 Å². The maximum atomic E-state index is 11.9. The third-order valence-corrected chi connectivity index (χ3v) is 3.50. The first-order valence-corrected chi connectivity index (χ1v) is 7.74. The molecule has 3 heteroatoms. The maximum absolute atomic E-state index is 11.9. The minimum Gasteiger partial charge on any atom is -0.326 e. The van der Waals surface area contributed by atoms with E-state index in [4.69, 9.17) is 0 Å². The molecule has 1 atom stereocenters. The van der Waals surface area contributed by atoms with Crippen molar-refractivity contribution in [1.82, 2.24) is 5.32 Å². The topological polar surface area (TPSA) is 46.2 Å². The Hall–Kier alpha value is -1.64. The molecule has 3 nitrogen and oxygen atoms in total. The average Bonchev–Trinajstić information content (AvgIpc) is 2.47. The summed E-state index contributed by atoms with van der Waals surface area (Å²) in [6.45, 7) is 11.3. The van der Waals surface area contributed by atoms with Crippen molar-refractivity contribution in [2.45, 2.75) is 59.8 Å². The van der Waals surface area contributed by atoms with E-state index in [1.165, 1.54) is 0 Å². The van der Waals surface area contributed by atoms with Gasteiger partial charge in [-0.2, -0.15) is 0 Å². The molecule has 0 aromatic carbocycles. The lowest BCUT2D eigenvalue weighted by Crippen LogP contribution is -2.27. The molecule has 0 aliphatic rings. The zero-order chi connectivity index (χ0) is 16.3. The van der Waals surface area contributed by atoms with Gasteiger partial charge in [0.05, 0.1) is 0 Å². The number of hydrogen-bond acceptors (Lipinski definition) is 2. The molecule has 0 bridgehead atoms. The first-order valence-electron chi connectivity index (χ1n) is 7.74. The van der Waals surface area contributed by atoms with E-state index in [1.54, 1.807) is 13.0 Å². The fourth-order valence-corrected chi connectivity index (χ4v) is 1.80. The number of allylic oxidation sites excluding steroid dienone is 4. The Morgan fingerprint density at radius 2 is 1.86 bits per heavy atom. The summed E-state index contributed by atoms with van der Waals surface area (Å²) in [6, 6.07) is 0. The normalized spacial score (nSPS) is 13.7. The number of rotatable bonds is 10. The Morgan fingerprint density at radius 3 is 2.33 bits per heavy atom. The number of unbranched alkanes of at least 4 members (excludes halogenated alkanes) is 1. The monoisotopic (exact) mass is 291 g/mol. The molecule has 21 heavy (non-hydrogen) atoms. The Bertz CT molecular complexity index is 419. The first kappa shape index (κ1) is 19.4. The molecule has 0 spiro atoms. The van der Waals surface area contributed by atoms with Crippen LogP contribution in [0, 0.1) is 5.92 Å². The van der Waals surface area contributed by atoms with E-state index < -0.39 is 0 Å². The van der Waals surface area contributed by atoms with Crippen molar-refractivity contribution in [1.29, 1.82) is 0 Å². The van der Waals surface area contributed by atoms with Gasteiger partial charge in [-0.25, -0.2) is 0 Å². The molecule has 0 rings (SSSR count). The molecular weight excluding hydrogens is 262 g/mol. The van der Waals surface area contributed by atoms with Gasteiger partial charge in [-0.15, -0.1) is 0 Å². The van der Waals surface area contributed by atoms with Crippen LogP contribution in [0.5, 0.6) is 0 Å². The molecule has 0 saturated carbocycles. The summed E-state index contributed by atoms with van der Waals surface area (Å²) in [5.74, 6) is 0.258. The van der Waals surface area contributed by atoms with Gasteiger partial charge < -0.3 is 10.1 Å². The van der Waals surface area contributed by atoms with Gasteiger partial charge in [-0.05, 0) is 51.7 Å². The van der Waals surface area contributed by atoms with Gasteiger partial charge >= 0.3 is 0 Å². The van der Waals surface area contributed by atoms with Gasteiger partial charge in [0.2, 0.25) is 5.91 Å². The van der Waals surface area contributed by atoms with E-state index in [1.807, 2.05) is 32.9 Å². The summed E-state index contributed by atoms with van der Waals surface area (Å²) in [6.07, 6.45) is 9.90. The highest BCUT2D eigenvalue weighted by atomic mass is 16.1. The number of carbonyl (C=O) groups is 2. The van der Waals surface area contributed by atoms with Gasteiger partial charge in [0.15, 0.2) is 0 Å². The lowest BCUT2D eigenvalue weighted by atomic mass is 10.0. The zero-order valence-electron chi connectivity index (χ0n) is 13.9. The molecule has 0 aliphatic heterocycles. The number of nitrogens with one attached hydrogen (secondary N) is 1. The Kier molecular flexibility index (Phi) is 10.2. The second-order valence-electron chi connectivity index (χ2n) is 5.38. The number of ketones is 1. The van der Waals surface area contributed by atoms with Gasteiger partial charge in [0, 0.05) is 18.0 Å². The lowest BCUT2D eigenvalue weighted by molar-refractivity contribution is -0.123. The van der Waals surface area contributed by atoms with Crippen LogP contribution in [0.15, 0.2) is 36.1 Å². The van der Waals surface area contributed by atoms with E-state index >= 15 is 0 Å². The fraction of sp³-hybridized carbons (Fsp3) is 0.556. The summed E-state index contributed by atoms with van der Waals surface area (Å²) >= 11 is 0. The van der Waals surface area contributed by atoms with Crippen molar-refractivity contribution in [3.63, 3.8) is 0 Å². The van der Waals surface area contributed by atoms with E-state index in [-0.39, 0.29) is 17.6 Å². The highest BCUT2D eigenvalue weighted by Crippen LogP contribution is 2.13. The summed E-state index contributed by atoms with van der Waals surface area (Å²) in [5.41, 5.74) is 1.89. The standard InChI is InChI=1S/C18H29NO2/c1-6-14(4)18(21)19-17(8-3)13-16(7-2)12-10-9-11-15(5)20/h7-8,13-14H,3,6,9-12H2,1-2,4-5H3,(H,19,21)/b16-7-,17-13+. The Labute approximate surface area is 129 Å². The van der Waals surface area contributed by atoms with E-state index in [0.29, 0.717) is 6.42 Å². The van der Waals surface area contributed by atoms with Crippen molar-refractivity contribution in [3.8, 4) is 0 Å². The fourth-order valence-electron chi connectivity index (χ4n) is 1.80. The predicted octanol–water partition coefficient (Wildman–Crippen LogP) is 4.31. The van der Waals surface area contributed by atoms with Crippen LogP contribution in [-0.2, 0) is 9.59 Å². The highest BCUT2D eigenvalue weighted by Gasteiger charge is 2.10. The Morgan fingerprint density at radius 1 is 1.24 bits per heavy atom. The number of carbonyl (C=O) groups excluding carboxylic acids is 2. The van der Waals surface area contributed by atoms with Gasteiger partial charge in [0.1, 0.15) is 5.78 Å². The second-order valence-corrected chi connectivity index (χ2v) is 5.38. The van der Waals surface area contributed by atoms with Crippen LogP contribution in [0.3, 0.4) is 0 Å². The molecule has 0 aromatic heterocycles. The van der Waals surface area contributed by atoms with Crippen molar-refractivity contribution >= 4 is 11.7 Å². The SMILES string of the molecule is C=C/C(=C\C(=C/C)CCCCC(C)=O)NC(=O)C(C)CC. The number of hydrogen-bond donors (Lipinski definition) is 1. The van der Waals surface area contributed by atoms with Crippen LogP contribution in [-0.4, -0.2) is 11.7 Å². The van der Waals surface area contributed by atoms with Crippen molar-refractivity contribution in [2.24, 2.45) is 5.92 Å². The minimum atomic E-state index is -0.00188. The largest absolute Gasteiger partial charge is 0.326 e. The second kappa shape index (κ2) is 11.1. The molecule has 1 amide bonds. The molecule has 0 fully saturated rings. The summed E-state index contributed by atoms with van der Waals surface area (Å²) < 4.78 is 0. The van der Waals surface area contributed by atoms with E-state index in [9.17, 15) is 9.59 Å². The summed E-state index contributed by atoms with van der Waals surface area (Å²) in [7, 11) is 0. The molecule has 0 radical (unpaired) electrons. The molecular formula is C18H29NO2. The zero-order valence-corrected chi connectivity index (χ0v) is 13.9. The van der Waals surface area contributed by atoms with Crippen LogP contribution < -0.4 is 5.32 Å². The van der Waals surface area contributed by atoms with Crippen molar-refractivity contribution < 1.29 is 9.59 Å². The maximum Gasteiger partial charge on any atom is 0.227 e. The molecule has 1 N–H and O–H groups in total. The molecule has 0 saturated heterocycles. The van der Waals surface area contributed by atoms with Crippen molar-refractivity contribution in [3.05, 3.63) is 36.1 Å². The minimum absolute atomic E-state index is 0.00188. The summed E-state index contributed by atoms with van der Waals surface area (Å²) in [4.78, 5) is 22.8. The molecule has 0 aliphatic carbocycles. The van der Waals surface area contributed by atoms with Gasteiger partial charge in [-0.1, -0.05) is 32.1 Å². The van der Waals surface area contributed by atoms with E-state index in [2.05, 4.69) is 11.9 Å². The highest BCUT2D eigenvalue weighted by molar-refractivity contribution is 5.80. The average molecular weight is 291 g/mol. The quantitative estimate of drug-likeness (QED) is 0.481. The van der Waals surface area contributed by atoms with Gasteiger partial charge in [0.25, 0.3) is 0 Å². The third kappa shape index (κ3) is 9.01. The van der Waals surface area contributed by atoms with Gasteiger partial charge in [-0.3, -0.25) is 4.79 Å². The van der Waals surface area contributed by atoms with E-state index in [0.717, 1.165) is 37.0 Å².